The summed E-state index contributed by atoms with van der Waals surface area (Å²) in [5.74, 6) is 0. The predicted octanol–water partition coefficient (Wildman–Crippen LogP) is -1.65. The van der Waals surface area contributed by atoms with Crippen molar-refractivity contribution in [1.29, 1.82) is 0 Å². The van der Waals surface area contributed by atoms with E-state index in [1.165, 1.54) is 0 Å². The third-order valence-electron chi connectivity index (χ3n) is 0. The first-order valence-corrected chi connectivity index (χ1v) is 0. The fraction of sp³-hybridized carbons (Fsp3) is 0. The summed E-state index contributed by atoms with van der Waals surface area (Å²) >= 11 is 0. The molecule has 0 aromatic heterocycles. The van der Waals surface area contributed by atoms with Gasteiger partial charge in [0.2, 0.25) is 0 Å². The van der Waals surface area contributed by atoms with E-state index >= 15 is 0 Å². The molecule has 4 N–H and O–H groups in total. The second kappa shape index (κ2) is 24.6. The predicted molar refractivity (Wildman–Crippen MR) is 7.23 cm³/mol. The molecule has 0 aliphatic carbocycles. The minimum atomic E-state index is 0. The number of hydrogen-bond acceptors (Lipinski definition) is 0. The average molecular weight is 223 g/mol. The van der Waals surface area contributed by atoms with E-state index in [4.69, 9.17) is 0 Å². The van der Waals surface area contributed by atoms with Crippen molar-refractivity contribution in [2.45, 2.75) is 0 Å². The van der Waals surface area contributed by atoms with E-state index in [9.17, 15) is 0 Å². The van der Waals surface area contributed by atoms with Gasteiger partial charge in [0.1, 0.15) is 0 Å². The minimum Gasteiger partial charge on any atom is -0.412 e. The molecule has 26 valence electrons. The molecule has 2 nitrogen and oxygen atoms in total. The summed E-state index contributed by atoms with van der Waals surface area (Å²) < 4.78 is 0. The molecule has 0 saturated heterocycles. The maximum atomic E-state index is 0. The maximum Gasteiger partial charge on any atom is 0 e. The van der Waals surface area contributed by atoms with Crippen molar-refractivity contribution in [3.8, 4) is 0 Å². The van der Waals surface area contributed by atoms with Crippen LogP contribution >= 0.6 is 0 Å². The Morgan fingerprint density at radius 2 is 0.750 bits per heavy atom. The fourth-order valence-electron chi connectivity index (χ4n) is 0. The molecule has 0 unspecified atom stereocenters. The monoisotopic (exact) mass is 224 g/mol. The zero-order chi connectivity index (χ0) is 0. The first kappa shape index (κ1) is 49.8. The van der Waals surface area contributed by atoms with Gasteiger partial charge in [-0.2, -0.15) is 0 Å². The molecule has 0 rings (SSSR count). The van der Waals surface area contributed by atoms with Crippen molar-refractivity contribution in [2.24, 2.45) is 0 Å². The van der Waals surface area contributed by atoms with Gasteiger partial charge < -0.3 is 11.0 Å². The van der Waals surface area contributed by atoms with E-state index in [0.29, 0.717) is 0 Å². The quantitative estimate of drug-likeness (QED) is 0.442. The largest absolute Gasteiger partial charge is 0.412 e. The van der Waals surface area contributed by atoms with Gasteiger partial charge in [-0.1, -0.05) is 0 Å². The summed E-state index contributed by atoms with van der Waals surface area (Å²) in [4.78, 5) is 0. The van der Waals surface area contributed by atoms with Crippen molar-refractivity contribution >= 4 is 0 Å². The van der Waals surface area contributed by atoms with Crippen molar-refractivity contribution < 1.29 is 58.2 Å². The maximum absolute atomic E-state index is 0. The molecular weight excluding hydrogens is 219 g/mol. The Labute approximate surface area is 58.0 Å². The fourth-order valence-corrected chi connectivity index (χ4v) is 0. The molecule has 0 saturated carbocycles. The molecule has 0 aliphatic rings. The second-order valence-electron chi connectivity index (χ2n) is 0. The van der Waals surface area contributed by atoms with Gasteiger partial charge in [0.05, 0.1) is 0 Å². The van der Waals surface area contributed by atoms with Gasteiger partial charge in [0, 0.05) is 47.3 Å². The topological polar surface area (TPSA) is 63.0 Å². The summed E-state index contributed by atoms with van der Waals surface area (Å²) in [5.41, 5.74) is 0. The Morgan fingerprint density at radius 3 is 0.750 bits per heavy atom. The molecule has 0 atom stereocenters. The van der Waals surface area contributed by atoms with Crippen LogP contribution in [0.1, 0.15) is 0 Å². The molecule has 0 heterocycles. The molecule has 4 heavy (non-hydrogen) atoms. The van der Waals surface area contributed by atoms with Crippen LogP contribution in [0.5, 0.6) is 0 Å². The minimum absolute atomic E-state index is 0. The van der Waals surface area contributed by atoms with Crippen LogP contribution in [0.2, 0.25) is 0 Å². The van der Waals surface area contributed by atoms with Crippen LogP contribution in [0.3, 0.4) is 0 Å². The second-order valence-corrected chi connectivity index (χ2v) is 0. The molecule has 0 spiro atoms. The van der Waals surface area contributed by atoms with E-state index in [1.807, 2.05) is 0 Å². The van der Waals surface area contributed by atoms with E-state index in [0.717, 1.165) is 0 Å². The van der Waals surface area contributed by atoms with Gasteiger partial charge in [0.15, 0.2) is 0 Å². The Bertz CT molecular complexity index is 6.00. The van der Waals surface area contributed by atoms with Crippen LogP contribution < -0.4 is 0 Å². The molecule has 0 bridgehead atoms. The Hall–Kier alpha value is 1.49. The first-order chi connectivity index (χ1) is 0. The van der Waals surface area contributed by atoms with Crippen LogP contribution in [-0.4, -0.2) is 11.0 Å². The van der Waals surface area contributed by atoms with E-state index < -0.39 is 0 Å². The molecular formula is H4MoO2Zr. The summed E-state index contributed by atoms with van der Waals surface area (Å²) in [7, 11) is 0. The SMILES string of the molecule is O.O.[Mo].[Zr]. The van der Waals surface area contributed by atoms with Crippen LogP contribution in [0, 0.1) is 0 Å². The summed E-state index contributed by atoms with van der Waals surface area (Å²) in [6.45, 7) is 0. The molecule has 0 fully saturated rings. The van der Waals surface area contributed by atoms with E-state index in [-0.39, 0.29) is 58.2 Å². The third kappa shape index (κ3) is 9.74. The van der Waals surface area contributed by atoms with Gasteiger partial charge in [0.25, 0.3) is 0 Å². The first-order valence-electron chi connectivity index (χ1n) is 0. The van der Waals surface area contributed by atoms with Gasteiger partial charge >= 0.3 is 0 Å². The third-order valence-corrected chi connectivity index (χ3v) is 0. The summed E-state index contributed by atoms with van der Waals surface area (Å²) in [6, 6.07) is 0. The summed E-state index contributed by atoms with van der Waals surface area (Å²) in [6.07, 6.45) is 0. The zero-order valence-electron chi connectivity index (χ0n) is 1.91. The standard InChI is InChI=1S/Mo.2H2O.Zr/h;2*1H2;. The smallest absolute Gasteiger partial charge is 0 e. The number of hydrogen-bond donors (Lipinski definition) is 0. The van der Waals surface area contributed by atoms with Crippen LogP contribution in [0.15, 0.2) is 0 Å². The van der Waals surface area contributed by atoms with Crippen molar-refractivity contribution in [3.63, 3.8) is 0 Å². The van der Waals surface area contributed by atoms with Gasteiger partial charge in [-0.15, -0.1) is 0 Å². The van der Waals surface area contributed by atoms with Crippen LogP contribution in [0.25, 0.3) is 0 Å². The summed E-state index contributed by atoms with van der Waals surface area (Å²) in [5, 5.41) is 0. The Morgan fingerprint density at radius 1 is 0.750 bits per heavy atom. The Balaban J connectivity index is 0. The number of rotatable bonds is 0. The van der Waals surface area contributed by atoms with Crippen molar-refractivity contribution in [3.05, 3.63) is 0 Å². The van der Waals surface area contributed by atoms with Crippen LogP contribution in [-0.2, 0) is 47.3 Å². The normalized spacial score (nSPS) is 0. The van der Waals surface area contributed by atoms with E-state index in [1.54, 1.807) is 0 Å². The van der Waals surface area contributed by atoms with Gasteiger partial charge in [-0.05, 0) is 0 Å². The molecule has 4 heteroatoms. The van der Waals surface area contributed by atoms with Gasteiger partial charge in [-0.3, -0.25) is 0 Å². The molecule has 0 aromatic rings. The zero-order valence-corrected chi connectivity index (χ0v) is 6.37. The Kier molecular flexibility index (Phi) is 306. The van der Waals surface area contributed by atoms with E-state index in [2.05, 4.69) is 0 Å². The van der Waals surface area contributed by atoms with Crippen molar-refractivity contribution in [2.75, 3.05) is 0 Å². The van der Waals surface area contributed by atoms with Crippen LogP contribution in [0.4, 0.5) is 0 Å². The molecule has 0 radical (unpaired) electrons. The molecule has 0 aromatic carbocycles. The molecule has 0 amide bonds. The average Bonchev–Trinajstić information content (AvgIpc) is 0. The molecule has 0 aliphatic heterocycles. The van der Waals surface area contributed by atoms with Gasteiger partial charge in [-0.25, -0.2) is 0 Å². The van der Waals surface area contributed by atoms with Crippen molar-refractivity contribution in [1.82, 2.24) is 0 Å².